The SMILES string of the molecule is Cc1cccc2c1N1c3ccc(-c4ccc(N(c5ccccc5)c5ccc6c(c5)C(C)(C)c5ccccc5-6)cc4)cc3C(C)(C)c3cccc(c31)O2. The molecule has 3 heteroatoms. The third kappa shape index (κ3) is 4.32. The second-order valence-electron chi connectivity index (χ2n) is 15.5. The van der Waals surface area contributed by atoms with Gasteiger partial charge in [-0.1, -0.05) is 119 Å². The molecule has 0 saturated carbocycles. The molecule has 0 saturated heterocycles. The number of hydrogen-bond donors (Lipinski definition) is 0. The van der Waals surface area contributed by atoms with Crippen LogP contribution in [0.2, 0.25) is 0 Å². The molecule has 0 amide bonds. The minimum absolute atomic E-state index is 0.0710. The smallest absolute Gasteiger partial charge is 0.151 e. The van der Waals surface area contributed by atoms with Gasteiger partial charge >= 0.3 is 0 Å². The molecule has 2 aliphatic heterocycles. The Morgan fingerprint density at radius 1 is 0.462 bits per heavy atom. The number of fused-ring (bicyclic) bond motifs is 7. The molecule has 10 rings (SSSR count). The molecule has 0 atom stereocenters. The van der Waals surface area contributed by atoms with Crippen LogP contribution >= 0.6 is 0 Å². The Morgan fingerprint density at radius 2 is 1.08 bits per heavy atom. The Morgan fingerprint density at radius 3 is 1.88 bits per heavy atom. The molecule has 0 radical (unpaired) electrons. The first-order chi connectivity index (χ1) is 25.2. The minimum atomic E-state index is -0.220. The van der Waals surface area contributed by atoms with Crippen LogP contribution in [0.25, 0.3) is 22.3 Å². The van der Waals surface area contributed by atoms with Gasteiger partial charge in [0.15, 0.2) is 11.5 Å². The van der Waals surface area contributed by atoms with E-state index in [9.17, 15) is 0 Å². The molecule has 0 spiro atoms. The van der Waals surface area contributed by atoms with Crippen molar-refractivity contribution in [1.29, 1.82) is 0 Å². The van der Waals surface area contributed by atoms with E-state index in [1.807, 2.05) is 0 Å². The molecule has 3 nitrogen and oxygen atoms in total. The molecule has 7 aromatic rings. The maximum atomic E-state index is 6.50. The van der Waals surface area contributed by atoms with Crippen LogP contribution in [0.5, 0.6) is 11.5 Å². The van der Waals surface area contributed by atoms with E-state index < -0.39 is 0 Å². The Labute approximate surface area is 306 Å². The summed E-state index contributed by atoms with van der Waals surface area (Å²) in [6.45, 7) is 11.5. The fourth-order valence-corrected chi connectivity index (χ4v) is 9.03. The summed E-state index contributed by atoms with van der Waals surface area (Å²) in [6.07, 6.45) is 0. The lowest BCUT2D eigenvalue weighted by Gasteiger charge is -2.45. The normalized spacial score (nSPS) is 15.1. The maximum Gasteiger partial charge on any atom is 0.151 e. The van der Waals surface area contributed by atoms with Crippen LogP contribution in [0.1, 0.15) is 55.5 Å². The van der Waals surface area contributed by atoms with Crippen LogP contribution in [0.4, 0.5) is 34.1 Å². The van der Waals surface area contributed by atoms with Crippen LogP contribution in [-0.4, -0.2) is 0 Å². The zero-order valence-corrected chi connectivity index (χ0v) is 30.2. The van der Waals surface area contributed by atoms with E-state index in [4.69, 9.17) is 4.74 Å². The molecule has 0 bridgehead atoms. The van der Waals surface area contributed by atoms with E-state index in [0.29, 0.717) is 0 Å². The lowest BCUT2D eigenvalue weighted by molar-refractivity contribution is 0.471. The van der Waals surface area contributed by atoms with Crippen LogP contribution < -0.4 is 14.5 Å². The van der Waals surface area contributed by atoms with Gasteiger partial charge in [0.2, 0.25) is 0 Å². The van der Waals surface area contributed by atoms with Gasteiger partial charge in [-0.05, 0) is 118 Å². The van der Waals surface area contributed by atoms with Gasteiger partial charge in [0.1, 0.15) is 0 Å². The number of ether oxygens (including phenoxy) is 1. The van der Waals surface area contributed by atoms with Gasteiger partial charge in [-0.15, -0.1) is 0 Å². The second kappa shape index (κ2) is 11.0. The molecular formula is C49H40N2O. The van der Waals surface area contributed by atoms with E-state index in [-0.39, 0.29) is 10.8 Å². The quantitative estimate of drug-likeness (QED) is 0.185. The van der Waals surface area contributed by atoms with Gasteiger partial charge in [-0.2, -0.15) is 0 Å². The standard InChI is InChI=1S/C49H40N2O/c1-31-13-11-19-44-46(31)51-43-28-23-33(29-42(43)49(4,5)40-18-12-20-45(52-44)47(40)51)32-21-24-35(25-22-32)50(34-14-7-6-8-15-34)36-26-27-38-37-16-9-10-17-39(37)48(2,3)41(38)30-36/h6-30H,1-5H3. The molecule has 252 valence electrons. The second-order valence-corrected chi connectivity index (χ2v) is 15.5. The Hall–Kier alpha value is -6.06. The number of benzene rings is 7. The van der Waals surface area contributed by atoms with Crippen molar-refractivity contribution in [3.05, 3.63) is 179 Å². The van der Waals surface area contributed by atoms with Gasteiger partial charge in [0, 0.05) is 27.9 Å². The number of hydrogen-bond acceptors (Lipinski definition) is 3. The predicted molar refractivity (Wildman–Crippen MR) is 216 cm³/mol. The number of anilines is 6. The Bertz CT molecular complexity index is 2560. The molecule has 52 heavy (non-hydrogen) atoms. The molecule has 1 aliphatic carbocycles. The summed E-state index contributed by atoms with van der Waals surface area (Å²) >= 11 is 0. The molecule has 0 N–H and O–H groups in total. The zero-order chi connectivity index (χ0) is 35.4. The van der Waals surface area contributed by atoms with Crippen LogP contribution in [0, 0.1) is 6.92 Å². The third-order valence-electron chi connectivity index (χ3n) is 11.7. The Kier molecular flexibility index (Phi) is 6.48. The lowest BCUT2D eigenvalue weighted by atomic mass is 9.72. The summed E-state index contributed by atoms with van der Waals surface area (Å²) < 4.78 is 6.50. The number of rotatable bonds is 4. The fraction of sp³-hybridized carbons (Fsp3) is 0.143. The highest BCUT2D eigenvalue weighted by Crippen LogP contribution is 2.60. The highest BCUT2D eigenvalue weighted by Gasteiger charge is 2.42. The lowest BCUT2D eigenvalue weighted by Crippen LogP contribution is -2.32. The third-order valence-corrected chi connectivity index (χ3v) is 11.7. The van der Waals surface area contributed by atoms with Gasteiger partial charge in [0.05, 0.1) is 17.1 Å². The van der Waals surface area contributed by atoms with Crippen LogP contribution in [0.3, 0.4) is 0 Å². The number of aryl methyl sites for hydroxylation is 1. The van der Waals surface area contributed by atoms with Gasteiger partial charge in [-0.25, -0.2) is 0 Å². The van der Waals surface area contributed by atoms with Crippen molar-refractivity contribution in [2.24, 2.45) is 0 Å². The van der Waals surface area contributed by atoms with Crippen molar-refractivity contribution >= 4 is 34.1 Å². The summed E-state index contributed by atoms with van der Waals surface area (Å²) in [6, 6.07) is 55.4. The van der Waals surface area contributed by atoms with Crippen LogP contribution in [-0.2, 0) is 10.8 Å². The summed E-state index contributed by atoms with van der Waals surface area (Å²) in [5.41, 5.74) is 18.2. The van der Waals surface area contributed by atoms with Crippen molar-refractivity contribution in [2.75, 3.05) is 9.80 Å². The Balaban J connectivity index is 1.06. The van der Waals surface area contributed by atoms with Crippen molar-refractivity contribution in [1.82, 2.24) is 0 Å². The molecule has 0 aromatic heterocycles. The first-order valence-corrected chi connectivity index (χ1v) is 18.3. The van der Waals surface area contributed by atoms with Crippen molar-refractivity contribution < 1.29 is 4.74 Å². The average molecular weight is 673 g/mol. The highest BCUT2D eigenvalue weighted by molar-refractivity contribution is 5.95. The van der Waals surface area contributed by atoms with E-state index in [1.54, 1.807) is 0 Å². The van der Waals surface area contributed by atoms with E-state index in [0.717, 1.165) is 39.9 Å². The molecular weight excluding hydrogens is 633 g/mol. The number of para-hydroxylation sites is 3. The monoisotopic (exact) mass is 672 g/mol. The highest BCUT2D eigenvalue weighted by atomic mass is 16.5. The first kappa shape index (κ1) is 30.7. The average Bonchev–Trinajstić information content (AvgIpc) is 3.39. The first-order valence-electron chi connectivity index (χ1n) is 18.3. The van der Waals surface area contributed by atoms with Crippen molar-refractivity contribution in [3.63, 3.8) is 0 Å². The van der Waals surface area contributed by atoms with E-state index in [2.05, 4.69) is 196 Å². The van der Waals surface area contributed by atoms with Crippen molar-refractivity contribution in [2.45, 2.75) is 45.4 Å². The molecule has 0 fully saturated rings. The van der Waals surface area contributed by atoms with Crippen molar-refractivity contribution in [3.8, 4) is 33.8 Å². The summed E-state index contributed by atoms with van der Waals surface area (Å²) in [5, 5.41) is 0. The van der Waals surface area contributed by atoms with E-state index >= 15 is 0 Å². The van der Waals surface area contributed by atoms with Gasteiger partial charge < -0.3 is 14.5 Å². The van der Waals surface area contributed by atoms with Gasteiger partial charge in [0.25, 0.3) is 0 Å². The molecule has 2 heterocycles. The van der Waals surface area contributed by atoms with E-state index in [1.165, 1.54) is 55.8 Å². The maximum absolute atomic E-state index is 6.50. The summed E-state index contributed by atoms with van der Waals surface area (Å²) in [5.74, 6) is 1.81. The molecule has 3 aliphatic rings. The summed E-state index contributed by atoms with van der Waals surface area (Å²) in [4.78, 5) is 4.81. The fourth-order valence-electron chi connectivity index (χ4n) is 9.03. The summed E-state index contributed by atoms with van der Waals surface area (Å²) in [7, 11) is 0. The largest absolute Gasteiger partial charge is 0.453 e. The molecule has 7 aromatic carbocycles. The van der Waals surface area contributed by atoms with Crippen LogP contribution in [0.15, 0.2) is 152 Å². The topological polar surface area (TPSA) is 15.7 Å². The predicted octanol–water partition coefficient (Wildman–Crippen LogP) is 13.7. The van der Waals surface area contributed by atoms with Gasteiger partial charge in [-0.3, -0.25) is 0 Å². The zero-order valence-electron chi connectivity index (χ0n) is 30.2. The molecule has 0 unspecified atom stereocenters. The number of nitrogens with zero attached hydrogens (tertiary/aromatic N) is 2. The minimum Gasteiger partial charge on any atom is -0.453 e.